The maximum atomic E-state index is 13.5. The van der Waals surface area contributed by atoms with Crippen molar-refractivity contribution in [2.24, 2.45) is 0 Å². The summed E-state index contributed by atoms with van der Waals surface area (Å²) in [6.45, 7) is 5.96. The molecule has 0 saturated heterocycles. The number of nitrogens with zero attached hydrogens (tertiary/aromatic N) is 4. The number of ether oxygens (including phenoxy) is 2. The Morgan fingerprint density at radius 1 is 1.09 bits per heavy atom. The lowest BCUT2D eigenvalue weighted by molar-refractivity contribution is 0.303. The molecular weight excluding hydrogens is 669 g/mol. The summed E-state index contributed by atoms with van der Waals surface area (Å²) in [5.41, 5.74) is 3.56. The smallest absolute Gasteiger partial charge is 0.216 e. The molecule has 9 nitrogen and oxygen atoms in total. The van der Waals surface area contributed by atoms with Gasteiger partial charge in [0.25, 0.3) is 0 Å². The van der Waals surface area contributed by atoms with Crippen LogP contribution in [0.15, 0.2) is 70.8 Å². The number of aromatic nitrogens is 3. The first-order valence-electron chi connectivity index (χ1n) is 13.8. The Labute approximate surface area is 268 Å². The third-order valence-corrected chi connectivity index (χ3v) is 10.6. The highest BCUT2D eigenvalue weighted by Gasteiger charge is 2.26. The van der Waals surface area contributed by atoms with Crippen LogP contribution in [0.25, 0.3) is 22.2 Å². The zero-order valence-corrected chi connectivity index (χ0v) is 27.8. The SMILES string of the molecule is CCN(Cc1nc(-c2cc3c(Nc4ccc(OCc5cccc(F)c5)c(Br)c4)ncnc3cc2OC)cs1)S(=O)(=O)C(C)C. The van der Waals surface area contributed by atoms with Crippen molar-refractivity contribution in [2.75, 3.05) is 19.0 Å². The molecule has 5 aromatic rings. The van der Waals surface area contributed by atoms with Gasteiger partial charge in [-0.15, -0.1) is 11.3 Å². The van der Waals surface area contributed by atoms with E-state index in [1.807, 2.05) is 42.6 Å². The number of nitrogens with one attached hydrogen (secondary N) is 1. The summed E-state index contributed by atoms with van der Waals surface area (Å²) in [5.74, 6) is 1.47. The van der Waals surface area contributed by atoms with Gasteiger partial charge in [0.05, 0.1) is 34.6 Å². The van der Waals surface area contributed by atoms with E-state index < -0.39 is 15.3 Å². The van der Waals surface area contributed by atoms with Crippen molar-refractivity contribution >= 4 is 59.7 Å². The number of rotatable bonds is 12. The number of halogens is 2. The number of benzene rings is 3. The molecule has 2 heterocycles. The van der Waals surface area contributed by atoms with Gasteiger partial charge in [-0.25, -0.2) is 27.8 Å². The zero-order chi connectivity index (χ0) is 31.4. The molecule has 1 N–H and O–H groups in total. The van der Waals surface area contributed by atoms with Crippen LogP contribution in [-0.4, -0.2) is 46.6 Å². The Hall–Kier alpha value is -3.65. The fourth-order valence-corrected chi connectivity index (χ4v) is 7.15. The summed E-state index contributed by atoms with van der Waals surface area (Å²) in [6.07, 6.45) is 1.48. The lowest BCUT2D eigenvalue weighted by Gasteiger charge is -2.21. The fourth-order valence-electron chi connectivity index (χ4n) is 4.51. The number of fused-ring (bicyclic) bond motifs is 1. The summed E-state index contributed by atoms with van der Waals surface area (Å²) < 4.78 is 52.8. The summed E-state index contributed by atoms with van der Waals surface area (Å²) in [7, 11) is -1.83. The Bertz CT molecular complexity index is 1900. The van der Waals surface area contributed by atoms with Crippen molar-refractivity contribution in [2.45, 2.75) is 39.2 Å². The van der Waals surface area contributed by atoms with Crippen molar-refractivity contribution in [1.82, 2.24) is 19.3 Å². The van der Waals surface area contributed by atoms with E-state index in [9.17, 15) is 12.8 Å². The summed E-state index contributed by atoms with van der Waals surface area (Å²) in [4.78, 5) is 13.7. The lowest BCUT2D eigenvalue weighted by atomic mass is 10.1. The highest BCUT2D eigenvalue weighted by Crippen LogP contribution is 2.37. The maximum Gasteiger partial charge on any atom is 0.216 e. The van der Waals surface area contributed by atoms with Crippen molar-refractivity contribution in [3.63, 3.8) is 0 Å². The van der Waals surface area contributed by atoms with Crippen LogP contribution in [0.1, 0.15) is 31.3 Å². The number of hydrogen-bond donors (Lipinski definition) is 1. The number of thiazole rings is 1. The zero-order valence-electron chi connectivity index (χ0n) is 24.5. The molecule has 0 amide bonds. The molecule has 230 valence electrons. The van der Waals surface area contributed by atoms with E-state index in [1.54, 1.807) is 33.1 Å². The molecule has 13 heteroatoms. The molecule has 0 bridgehead atoms. The molecule has 0 aliphatic carbocycles. The van der Waals surface area contributed by atoms with E-state index in [4.69, 9.17) is 14.5 Å². The van der Waals surface area contributed by atoms with E-state index in [0.717, 1.165) is 26.7 Å². The van der Waals surface area contributed by atoms with Crippen molar-refractivity contribution < 1.29 is 22.3 Å². The second-order valence-corrected chi connectivity index (χ2v) is 14.4. The molecule has 0 saturated carbocycles. The summed E-state index contributed by atoms with van der Waals surface area (Å²) in [6, 6.07) is 15.6. The number of sulfonamides is 1. The van der Waals surface area contributed by atoms with Gasteiger partial charge in [-0.2, -0.15) is 4.31 Å². The van der Waals surface area contributed by atoms with Crippen LogP contribution in [-0.2, 0) is 23.2 Å². The standard InChI is InChI=1S/C31H31BrFN5O4S2/c1-5-38(44(39,40)19(2)3)15-30-37-27(17-43-30)23-13-24-26(14-29(23)41-4)34-18-35-31(24)36-22-9-10-28(25(32)12-22)42-16-20-7-6-8-21(33)11-20/h6-14,17-19H,5,15-16H2,1-4H3,(H,34,35,36). The van der Waals surface area contributed by atoms with E-state index in [-0.39, 0.29) is 19.0 Å². The molecule has 0 aliphatic rings. The average Bonchev–Trinajstić information content (AvgIpc) is 3.47. The monoisotopic (exact) mass is 699 g/mol. The van der Waals surface area contributed by atoms with Gasteiger partial charge in [0, 0.05) is 34.6 Å². The third kappa shape index (κ3) is 7.01. The van der Waals surface area contributed by atoms with E-state index >= 15 is 0 Å². The highest BCUT2D eigenvalue weighted by atomic mass is 79.9. The van der Waals surface area contributed by atoms with Gasteiger partial charge in [-0.3, -0.25) is 0 Å². The first-order valence-corrected chi connectivity index (χ1v) is 17.0. The normalized spacial score (nSPS) is 11.8. The van der Waals surface area contributed by atoms with E-state index in [1.165, 1.54) is 34.1 Å². The molecule has 0 radical (unpaired) electrons. The Morgan fingerprint density at radius 2 is 1.91 bits per heavy atom. The first kappa shape index (κ1) is 31.8. The molecular formula is C31H31BrFN5O4S2. The van der Waals surface area contributed by atoms with Crippen LogP contribution in [0.4, 0.5) is 15.9 Å². The Morgan fingerprint density at radius 3 is 2.61 bits per heavy atom. The number of anilines is 2. The van der Waals surface area contributed by atoms with Crippen LogP contribution < -0.4 is 14.8 Å². The van der Waals surface area contributed by atoms with Crippen LogP contribution >= 0.6 is 27.3 Å². The van der Waals surface area contributed by atoms with E-state index in [2.05, 4.69) is 31.2 Å². The lowest BCUT2D eigenvalue weighted by Crippen LogP contribution is -2.35. The van der Waals surface area contributed by atoms with Crippen molar-refractivity contribution in [3.05, 3.63) is 87.2 Å². The predicted octanol–water partition coefficient (Wildman–Crippen LogP) is 7.55. The Kier molecular flexibility index (Phi) is 9.78. The molecule has 3 aromatic carbocycles. The van der Waals surface area contributed by atoms with Crippen LogP contribution in [0, 0.1) is 5.82 Å². The van der Waals surface area contributed by atoms with Crippen LogP contribution in [0.3, 0.4) is 0 Å². The number of methoxy groups -OCH3 is 1. The molecule has 0 atom stereocenters. The topological polar surface area (TPSA) is 107 Å². The van der Waals surface area contributed by atoms with Gasteiger partial charge in [0.1, 0.15) is 41.1 Å². The fraction of sp³-hybridized carbons (Fsp3) is 0.258. The second kappa shape index (κ2) is 13.6. The maximum absolute atomic E-state index is 13.5. The van der Waals surface area contributed by atoms with Crippen molar-refractivity contribution in [1.29, 1.82) is 0 Å². The minimum Gasteiger partial charge on any atom is -0.496 e. The molecule has 2 aromatic heterocycles. The minimum absolute atomic E-state index is 0.199. The highest BCUT2D eigenvalue weighted by molar-refractivity contribution is 9.10. The van der Waals surface area contributed by atoms with E-state index in [0.29, 0.717) is 40.1 Å². The predicted molar refractivity (Wildman–Crippen MR) is 175 cm³/mol. The summed E-state index contributed by atoms with van der Waals surface area (Å²) >= 11 is 4.97. The molecule has 0 fully saturated rings. The molecule has 0 unspecified atom stereocenters. The number of hydrogen-bond acceptors (Lipinski definition) is 9. The minimum atomic E-state index is -3.42. The molecule has 0 aliphatic heterocycles. The quantitative estimate of drug-likeness (QED) is 0.142. The Balaban J connectivity index is 1.40. The van der Waals surface area contributed by atoms with Gasteiger partial charge >= 0.3 is 0 Å². The van der Waals surface area contributed by atoms with Gasteiger partial charge < -0.3 is 14.8 Å². The van der Waals surface area contributed by atoms with Gasteiger partial charge in [-0.1, -0.05) is 19.1 Å². The first-order chi connectivity index (χ1) is 21.1. The van der Waals surface area contributed by atoms with Crippen molar-refractivity contribution in [3.8, 4) is 22.8 Å². The van der Waals surface area contributed by atoms with Gasteiger partial charge in [0.15, 0.2) is 0 Å². The van der Waals surface area contributed by atoms with Gasteiger partial charge in [-0.05, 0) is 71.7 Å². The molecule has 0 spiro atoms. The van der Waals surface area contributed by atoms with Gasteiger partial charge in [0.2, 0.25) is 10.0 Å². The second-order valence-electron chi connectivity index (χ2n) is 10.1. The average molecular weight is 701 g/mol. The van der Waals surface area contributed by atoms with Crippen LogP contribution in [0.5, 0.6) is 11.5 Å². The molecule has 5 rings (SSSR count). The summed E-state index contributed by atoms with van der Waals surface area (Å²) in [5, 5.41) is 6.17. The van der Waals surface area contributed by atoms with Crippen LogP contribution in [0.2, 0.25) is 0 Å². The molecule has 44 heavy (non-hydrogen) atoms. The largest absolute Gasteiger partial charge is 0.496 e. The third-order valence-electron chi connectivity index (χ3n) is 6.88.